The standard InChI is InChI=1S/C21H25NO3/c1-3-25-19-10-8-16(9-11-19)12-20(23)22-15-21(24-2)13-17-6-4-5-7-18(17)14-21/h4-11H,3,12-15H2,1-2H3,(H,22,23). The third-order valence-corrected chi connectivity index (χ3v) is 4.78. The Morgan fingerprint density at radius 2 is 1.72 bits per heavy atom. The minimum Gasteiger partial charge on any atom is -0.494 e. The van der Waals surface area contributed by atoms with E-state index in [0.29, 0.717) is 19.6 Å². The molecule has 3 rings (SSSR count). The molecule has 132 valence electrons. The molecule has 1 amide bonds. The molecule has 0 bridgehead atoms. The maximum atomic E-state index is 12.3. The smallest absolute Gasteiger partial charge is 0.224 e. The number of rotatable bonds is 7. The van der Waals surface area contributed by atoms with Gasteiger partial charge < -0.3 is 14.8 Å². The molecule has 0 unspecified atom stereocenters. The Morgan fingerprint density at radius 1 is 1.08 bits per heavy atom. The summed E-state index contributed by atoms with van der Waals surface area (Å²) in [5.41, 5.74) is 3.26. The van der Waals surface area contributed by atoms with E-state index in [1.54, 1.807) is 7.11 Å². The molecule has 4 nitrogen and oxygen atoms in total. The molecule has 0 aromatic heterocycles. The summed E-state index contributed by atoms with van der Waals surface area (Å²) in [7, 11) is 1.73. The predicted molar refractivity (Wildman–Crippen MR) is 97.9 cm³/mol. The average Bonchev–Trinajstić information content (AvgIpc) is 3.01. The maximum Gasteiger partial charge on any atom is 0.224 e. The van der Waals surface area contributed by atoms with Crippen molar-refractivity contribution < 1.29 is 14.3 Å². The van der Waals surface area contributed by atoms with Crippen LogP contribution in [-0.2, 0) is 28.8 Å². The van der Waals surface area contributed by atoms with E-state index < -0.39 is 0 Å². The van der Waals surface area contributed by atoms with Gasteiger partial charge in [-0.1, -0.05) is 36.4 Å². The quantitative estimate of drug-likeness (QED) is 0.844. The zero-order valence-corrected chi connectivity index (χ0v) is 14.9. The average molecular weight is 339 g/mol. The van der Waals surface area contributed by atoms with Gasteiger partial charge in [0.1, 0.15) is 5.75 Å². The lowest BCUT2D eigenvalue weighted by Gasteiger charge is -2.27. The SMILES string of the molecule is CCOc1ccc(CC(=O)NCC2(OC)Cc3ccccc3C2)cc1. The van der Waals surface area contributed by atoms with Gasteiger partial charge in [0.05, 0.1) is 18.6 Å². The van der Waals surface area contributed by atoms with E-state index >= 15 is 0 Å². The first-order valence-electron chi connectivity index (χ1n) is 8.74. The number of amides is 1. The fourth-order valence-electron chi connectivity index (χ4n) is 3.38. The zero-order valence-electron chi connectivity index (χ0n) is 14.9. The molecular weight excluding hydrogens is 314 g/mol. The fraction of sp³-hybridized carbons (Fsp3) is 0.381. The highest BCUT2D eigenvalue weighted by Gasteiger charge is 2.37. The van der Waals surface area contributed by atoms with Gasteiger partial charge in [0.15, 0.2) is 0 Å². The van der Waals surface area contributed by atoms with Crippen molar-refractivity contribution in [2.24, 2.45) is 0 Å². The highest BCUT2D eigenvalue weighted by molar-refractivity contribution is 5.78. The second-order valence-corrected chi connectivity index (χ2v) is 6.54. The van der Waals surface area contributed by atoms with E-state index in [0.717, 1.165) is 24.2 Å². The lowest BCUT2D eigenvalue weighted by molar-refractivity contribution is -0.122. The van der Waals surface area contributed by atoms with Crippen molar-refractivity contribution in [3.63, 3.8) is 0 Å². The molecule has 0 aliphatic heterocycles. The van der Waals surface area contributed by atoms with Gasteiger partial charge in [-0.15, -0.1) is 0 Å². The molecule has 0 radical (unpaired) electrons. The molecule has 0 fully saturated rings. The van der Waals surface area contributed by atoms with E-state index in [9.17, 15) is 4.79 Å². The number of fused-ring (bicyclic) bond motifs is 1. The van der Waals surface area contributed by atoms with Crippen LogP contribution >= 0.6 is 0 Å². The largest absolute Gasteiger partial charge is 0.494 e. The fourth-order valence-corrected chi connectivity index (χ4v) is 3.38. The van der Waals surface area contributed by atoms with Crippen LogP contribution in [0.3, 0.4) is 0 Å². The van der Waals surface area contributed by atoms with E-state index in [4.69, 9.17) is 9.47 Å². The van der Waals surface area contributed by atoms with E-state index in [-0.39, 0.29) is 11.5 Å². The van der Waals surface area contributed by atoms with E-state index in [1.807, 2.05) is 31.2 Å². The Balaban J connectivity index is 1.55. The van der Waals surface area contributed by atoms with Crippen LogP contribution in [0.15, 0.2) is 48.5 Å². The Bertz CT molecular complexity index is 699. The monoisotopic (exact) mass is 339 g/mol. The second-order valence-electron chi connectivity index (χ2n) is 6.54. The summed E-state index contributed by atoms with van der Waals surface area (Å²) in [6, 6.07) is 16.0. The van der Waals surface area contributed by atoms with Crippen molar-refractivity contribution in [3.05, 3.63) is 65.2 Å². The van der Waals surface area contributed by atoms with Crippen LogP contribution < -0.4 is 10.1 Å². The third kappa shape index (κ3) is 4.20. The summed E-state index contributed by atoms with van der Waals surface area (Å²) < 4.78 is 11.2. The number of carbonyl (C=O) groups excluding carboxylic acids is 1. The van der Waals surface area contributed by atoms with Crippen molar-refractivity contribution in [1.82, 2.24) is 5.32 Å². The van der Waals surface area contributed by atoms with E-state index in [2.05, 4.69) is 29.6 Å². The number of methoxy groups -OCH3 is 1. The topological polar surface area (TPSA) is 47.6 Å². The molecule has 0 atom stereocenters. The molecule has 0 saturated heterocycles. The van der Waals surface area contributed by atoms with Crippen molar-refractivity contribution in [1.29, 1.82) is 0 Å². The Morgan fingerprint density at radius 3 is 2.28 bits per heavy atom. The molecule has 0 saturated carbocycles. The number of carbonyl (C=O) groups is 1. The Kier molecular flexibility index (Phi) is 5.39. The van der Waals surface area contributed by atoms with Crippen LogP contribution in [0.5, 0.6) is 5.75 Å². The highest BCUT2D eigenvalue weighted by Crippen LogP contribution is 2.32. The molecule has 0 heterocycles. The van der Waals surface area contributed by atoms with Crippen LogP contribution in [0.1, 0.15) is 23.6 Å². The predicted octanol–water partition coefficient (Wildman–Crippen LogP) is 2.93. The molecule has 25 heavy (non-hydrogen) atoms. The minimum absolute atomic E-state index is 0.0107. The zero-order chi connectivity index (χ0) is 17.7. The van der Waals surface area contributed by atoms with Crippen molar-refractivity contribution in [2.75, 3.05) is 20.3 Å². The van der Waals surface area contributed by atoms with Gasteiger partial charge >= 0.3 is 0 Å². The van der Waals surface area contributed by atoms with Crippen LogP contribution in [-0.4, -0.2) is 31.8 Å². The summed E-state index contributed by atoms with van der Waals surface area (Å²) >= 11 is 0. The van der Waals surface area contributed by atoms with Crippen LogP contribution in [0.4, 0.5) is 0 Å². The summed E-state index contributed by atoms with van der Waals surface area (Å²) in [4.78, 5) is 12.3. The van der Waals surface area contributed by atoms with Gasteiger partial charge in [0.25, 0.3) is 0 Å². The molecule has 0 spiro atoms. The van der Waals surface area contributed by atoms with Gasteiger partial charge in [-0.2, -0.15) is 0 Å². The maximum absolute atomic E-state index is 12.3. The molecule has 1 N–H and O–H groups in total. The number of nitrogens with one attached hydrogen (secondary N) is 1. The van der Waals surface area contributed by atoms with Gasteiger partial charge in [-0.05, 0) is 35.7 Å². The lowest BCUT2D eigenvalue weighted by Crippen LogP contribution is -2.45. The van der Waals surface area contributed by atoms with Crippen molar-refractivity contribution in [2.45, 2.75) is 31.8 Å². The third-order valence-electron chi connectivity index (χ3n) is 4.78. The van der Waals surface area contributed by atoms with Crippen LogP contribution in [0.2, 0.25) is 0 Å². The molecule has 4 heteroatoms. The number of hydrogen-bond donors (Lipinski definition) is 1. The lowest BCUT2D eigenvalue weighted by atomic mass is 10.00. The van der Waals surface area contributed by atoms with Crippen LogP contribution in [0, 0.1) is 0 Å². The molecule has 2 aromatic carbocycles. The first kappa shape index (κ1) is 17.5. The van der Waals surface area contributed by atoms with Gasteiger partial charge in [0, 0.05) is 26.5 Å². The Labute approximate surface area is 149 Å². The highest BCUT2D eigenvalue weighted by atomic mass is 16.5. The molecule has 1 aliphatic carbocycles. The van der Waals surface area contributed by atoms with Crippen molar-refractivity contribution >= 4 is 5.91 Å². The first-order valence-corrected chi connectivity index (χ1v) is 8.74. The summed E-state index contributed by atoms with van der Waals surface area (Å²) in [5.74, 6) is 0.838. The molecule has 2 aromatic rings. The summed E-state index contributed by atoms with van der Waals surface area (Å²) in [5, 5.41) is 3.04. The molecular formula is C21H25NO3. The summed E-state index contributed by atoms with van der Waals surface area (Å²) in [6.45, 7) is 3.11. The van der Waals surface area contributed by atoms with E-state index in [1.165, 1.54) is 11.1 Å². The first-order chi connectivity index (χ1) is 12.1. The second kappa shape index (κ2) is 7.70. The van der Waals surface area contributed by atoms with Gasteiger partial charge in [-0.25, -0.2) is 0 Å². The van der Waals surface area contributed by atoms with Crippen LogP contribution in [0.25, 0.3) is 0 Å². The normalized spacial score (nSPS) is 14.8. The number of hydrogen-bond acceptors (Lipinski definition) is 3. The molecule has 1 aliphatic rings. The summed E-state index contributed by atoms with van der Waals surface area (Å²) in [6.07, 6.45) is 2.03. The van der Waals surface area contributed by atoms with Gasteiger partial charge in [0.2, 0.25) is 5.91 Å². The minimum atomic E-state index is -0.335. The van der Waals surface area contributed by atoms with Gasteiger partial charge in [-0.3, -0.25) is 4.79 Å². The number of benzene rings is 2. The number of ether oxygens (including phenoxy) is 2. The van der Waals surface area contributed by atoms with Crippen molar-refractivity contribution in [3.8, 4) is 5.75 Å². The Hall–Kier alpha value is -2.33.